The van der Waals surface area contributed by atoms with Gasteiger partial charge in [-0.15, -0.1) is 10.2 Å². The molecule has 1 amide bonds. The highest BCUT2D eigenvalue weighted by Gasteiger charge is 2.15. The van der Waals surface area contributed by atoms with Gasteiger partial charge in [-0.3, -0.25) is 4.79 Å². The van der Waals surface area contributed by atoms with Crippen LogP contribution in [0, 0.1) is 13.8 Å². The van der Waals surface area contributed by atoms with Gasteiger partial charge in [0.2, 0.25) is 0 Å². The number of amides is 1. The van der Waals surface area contributed by atoms with Crippen molar-refractivity contribution in [3.63, 3.8) is 0 Å². The number of benzene rings is 3. The topological polar surface area (TPSA) is 81.5 Å². The zero-order valence-electron chi connectivity index (χ0n) is 22.5. The molecule has 1 heterocycles. The Morgan fingerprint density at radius 1 is 0.838 bits per heavy atom. The van der Waals surface area contributed by atoms with Crippen molar-refractivity contribution in [3.05, 3.63) is 65.2 Å². The molecule has 0 saturated heterocycles. The summed E-state index contributed by atoms with van der Waals surface area (Å²) in [5, 5.41) is 12.4. The van der Waals surface area contributed by atoms with Gasteiger partial charge >= 0.3 is 0 Å². The summed E-state index contributed by atoms with van der Waals surface area (Å²) in [7, 11) is 0. The SMILES string of the molecule is CCOc1cc(OCC)cc(C(=O)Nc2cc3nn(-c4ccc(N(CC)CC)cc4C)nc3cc2C)c1. The van der Waals surface area contributed by atoms with E-state index in [2.05, 4.69) is 49.2 Å². The molecule has 0 aliphatic rings. The molecular formula is C29H35N5O3. The van der Waals surface area contributed by atoms with Crippen molar-refractivity contribution in [2.45, 2.75) is 41.5 Å². The first-order valence-electron chi connectivity index (χ1n) is 12.8. The minimum Gasteiger partial charge on any atom is -0.494 e. The lowest BCUT2D eigenvalue weighted by Gasteiger charge is -2.22. The molecule has 37 heavy (non-hydrogen) atoms. The number of carbonyl (C=O) groups is 1. The van der Waals surface area contributed by atoms with Gasteiger partial charge < -0.3 is 19.7 Å². The minimum absolute atomic E-state index is 0.250. The van der Waals surface area contributed by atoms with Crippen molar-refractivity contribution in [2.24, 2.45) is 0 Å². The number of hydrogen-bond acceptors (Lipinski definition) is 6. The second kappa shape index (κ2) is 11.3. The van der Waals surface area contributed by atoms with Crippen LogP contribution in [-0.2, 0) is 0 Å². The molecule has 3 aromatic carbocycles. The normalized spacial score (nSPS) is 11.0. The average molecular weight is 502 g/mol. The number of ether oxygens (including phenoxy) is 2. The number of aromatic nitrogens is 3. The van der Waals surface area contributed by atoms with E-state index in [-0.39, 0.29) is 5.91 Å². The van der Waals surface area contributed by atoms with Gasteiger partial charge in [0.1, 0.15) is 22.5 Å². The van der Waals surface area contributed by atoms with Crippen molar-refractivity contribution in [3.8, 4) is 17.2 Å². The maximum absolute atomic E-state index is 13.2. The van der Waals surface area contributed by atoms with Gasteiger partial charge in [-0.05, 0) is 95.1 Å². The average Bonchev–Trinajstić information content (AvgIpc) is 3.27. The van der Waals surface area contributed by atoms with Crippen molar-refractivity contribution in [1.82, 2.24) is 15.0 Å². The van der Waals surface area contributed by atoms with Crippen LogP contribution in [0.3, 0.4) is 0 Å². The molecule has 8 heteroatoms. The predicted octanol–water partition coefficient (Wildman–Crippen LogP) is 5.93. The van der Waals surface area contributed by atoms with E-state index >= 15 is 0 Å². The lowest BCUT2D eigenvalue weighted by molar-refractivity contribution is 0.102. The smallest absolute Gasteiger partial charge is 0.255 e. The highest BCUT2D eigenvalue weighted by atomic mass is 16.5. The fourth-order valence-electron chi connectivity index (χ4n) is 4.36. The van der Waals surface area contributed by atoms with Crippen LogP contribution >= 0.6 is 0 Å². The number of nitrogens with one attached hydrogen (secondary N) is 1. The van der Waals surface area contributed by atoms with Crippen LogP contribution in [-0.4, -0.2) is 47.2 Å². The molecule has 194 valence electrons. The van der Waals surface area contributed by atoms with E-state index in [1.807, 2.05) is 32.9 Å². The third kappa shape index (κ3) is 5.69. The van der Waals surface area contributed by atoms with E-state index in [1.165, 1.54) is 5.69 Å². The number of fused-ring (bicyclic) bond motifs is 1. The van der Waals surface area contributed by atoms with Crippen molar-refractivity contribution < 1.29 is 14.3 Å². The molecule has 0 spiro atoms. The molecule has 0 radical (unpaired) electrons. The molecule has 4 aromatic rings. The van der Waals surface area contributed by atoms with Crippen LogP contribution < -0.4 is 19.7 Å². The first kappa shape index (κ1) is 26.0. The van der Waals surface area contributed by atoms with E-state index in [0.29, 0.717) is 41.5 Å². The van der Waals surface area contributed by atoms with Gasteiger partial charge in [-0.25, -0.2) is 0 Å². The van der Waals surface area contributed by atoms with Crippen LogP contribution in [0.4, 0.5) is 11.4 Å². The van der Waals surface area contributed by atoms with Gasteiger partial charge in [0.05, 0.1) is 18.9 Å². The maximum atomic E-state index is 13.2. The Morgan fingerprint density at radius 2 is 1.46 bits per heavy atom. The Morgan fingerprint density at radius 3 is 2.03 bits per heavy atom. The summed E-state index contributed by atoms with van der Waals surface area (Å²) in [6.45, 7) is 15.0. The van der Waals surface area contributed by atoms with Crippen molar-refractivity contribution in [2.75, 3.05) is 36.5 Å². The van der Waals surface area contributed by atoms with Crippen LogP contribution in [0.25, 0.3) is 16.7 Å². The summed E-state index contributed by atoms with van der Waals surface area (Å²) in [6.07, 6.45) is 0. The Labute approximate surface area is 218 Å². The van der Waals surface area contributed by atoms with Crippen LogP contribution in [0.5, 0.6) is 11.5 Å². The quantitative estimate of drug-likeness (QED) is 0.290. The van der Waals surface area contributed by atoms with Gasteiger partial charge in [0, 0.05) is 36.1 Å². The lowest BCUT2D eigenvalue weighted by atomic mass is 10.1. The molecule has 8 nitrogen and oxygen atoms in total. The van der Waals surface area contributed by atoms with Gasteiger partial charge in [-0.2, -0.15) is 4.80 Å². The van der Waals surface area contributed by atoms with Crippen molar-refractivity contribution >= 4 is 28.3 Å². The Bertz CT molecular complexity index is 1380. The highest BCUT2D eigenvalue weighted by Crippen LogP contribution is 2.27. The minimum atomic E-state index is -0.250. The van der Waals surface area contributed by atoms with Gasteiger partial charge in [-0.1, -0.05) is 0 Å². The molecule has 0 saturated carbocycles. The molecule has 0 aliphatic carbocycles. The van der Waals surface area contributed by atoms with E-state index < -0.39 is 0 Å². The number of hydrogen-bond donors (Lipinski definition) is 1. The zero-order chi connectivity index (χ0) is 26.5. The summed E-state index contributed by atoms with van der Waals surface area (Å²) in [5.41, 5.74) is 6.70. The molecule has 0 unspecified atom stereocenters. The highest BCUT2D eigenvalue weighted by molar-refractivity contribution is 6.06. The lowest BCUT2D eigenvalue weighted by Crippen LogP contribution is -2.21. The number of anilines is 2. The molecular weight excluding hydrogens is 466 g/mol. The predicted molar refractivity (Wildman–Crippen MR) is 149 cm³/mol. The number of nitrogens with zero attached hydrogens (tertiary/aromatic N) is 4. The first-order chi connectivity index (χ1) is 17.9. The summed E-state index contributed by atoms with van der Waals surface area (Å²) >= 11 is 0. The Hall–Kier alpha value is -4.07. The molecule has 4 rings (SSSR count). The van der Waals surface area contributed by atoms with Crippen molar-refractivity contribution in [1.29, 1.82) is 0 Å². The third-order valence-electron chi connectivity index (χ3n) is 6.26. The summed E-state index contributed by atoms with van der Waals surface area (Å²) in [6, 6.07) is 15.4. The standard InChI is InChI=1S/C29H35N5O3/c1-7-33(8-2)22-11-12-28(20(6)13-22)34-31-26-14-19(5)25(18-27(26)32-34)30-29(35)21-15-23(36-9-3)17-24(16-21)37-10-4/h11-18H,7-10H2,1-6H3,(H,30,35). The second-order valence-electron chi connectivity index (χ2n) is 8.80. The second-order valence-corrected chi connectivity index (χ2v) is 8.80. The van der Waals surface area contributed by atoms with Crippen LogP contribution in [0.15, 0.2) is 48.5 Å². The van der Waals surface area contributed by atoms with E-state index in [4.69, 9.17) is 19.7 Å². The van der Waals surface area contributed by atoms with Crippen LogP contribution in [0.2, 0.25) is 0 Å². The van der Waals surface area contributed by atoms with E-state index in [0.717, 1.165) is 35.4 Å². The molecule has 1 aromatic heterocycles. The van der Waals surface area contributed by atoms with Gasteiger partial charge in [0.25, 0.3) is 5.91 Å². The third-order valence-corrected chi connectivity index (χ3v) is 6.26. The number of carbonyl (C=O) groups excluding carboxylic acids is 1. The monoisotopic (exact) mass is 501 g/mol. The molecule has 0 aliphatic heterocycles. The van der Waals surface area contributed by atoms with Crippen LogP contribution in [0.1, 0.15) is 49.2 Å². The number of aryl methyl sites for hydroxylation is 2. The zero-order valence-corrected chi connectivity index (χ0v) is 22.5. The maximum Gasteiger partial charge on any atom is 0.255 e. The molecule has 0 bridgehead atoms. The Kier molecular flexibility index (Phi) is 7.96. The molecule has 1 N–H and O–H groups in total. The molecule has 0 fully saturated rings. The summed E-state index contributed by atoms with van der Waals surface area (Å²) in [4.78, 5) is 17.1. The fraction of sp³-hybridized carbons (Fsp3) is 0.345. The van der Waals surface area contributed by atoms with E-state index in [9.17, 15) is 4.79 Å². The summed E-state index contributed by atoms with van der Waals surface area (Å²) < 4.78 is 11.2. The first-order valence-corrected chi connectivity index (χ1v) is 12.8. The number of rotatable bonds is 10. The largest absolute Gasteiger partial charge is 0.494 e. The van der Waals surface area contributed by atoms with E-state index in [1.54, 1.807) is 23.0 Å². The molecule has 0 atom stereocenters. The Balaban J connectivity index is 1.62. The summed E-state index contributed by atoms with van der Waals surface area (Å²) in [5.74, 6) is 0.937. The fourth-order valence-corrected chi connectivity index (χ4v) is 4.36. The van der Waals surface area contributed by atoms with Gasteiger partial charge in [0.15, 0.2) is 0 Å².